The molecule has 0 spiro atoms. The second kappa shape index (κ2) is 10.6. The number of hydrogen-bond donors (Lipinski definition) is 1. The minimum Gasteiger partial charge on any atom is -0.872 e. The van der Waals surface area contributed by atoms with Gasteiger partial charge in [-0.1, -0.05) is 61.0 Å². The van der Waals surface area contributed by atoms with E-state index in [1.54, 1.807) is 42.5 Å². The maximum absolute atomic E-state index is 13.5. The van der Waals surface area contributed by atoms with Crippen LogP contribution in [0.15, 0.2) is 48.0 Å². The number of halogens is 2. The highest BCUT2D eigenvalue weighted by Crippen LogP contribution is 2.40. The van der Waals surface area contributed by atoms with E-state index in [0.29, 0.717) is 47.5 Å². The van der Waals surface area contributed by atoms with Crippen molar-refractivity contribution in [3.05, 3.63) is 69.2 Å². The molecule has 1 unspecified atom stereocenters. The number of Topliss-reactive ketones (excluding diaryl/α,β-unsaturated/α-hetero) is 1. The van der Waals surface area contributed by atoms with Gasteiger partial charge in [-0.25, -0.2) is 0 Å². The van der Waals surface area contributed by atoms with Crippen molar-refractivity contribution in [3.8, 4) is 5.75 Å². The number of benzene rings is 2. The van der Waals surface area contributed by atoms with Gasteiger partial charge >= 0.3 is 0 Å². The number of nitrogens with one attached hydrogen (secondary N) is 1. The topological polar surface area (TPSA) is 74.1 Å². The minimum absolute atomic E-state index is 0.0806. The Bertz CT molecular complexity index is 1060. The monoisotopic (exact) mass is 490 g/mol. The molecular weight excluding hydrogens is 463 g/mol. The molecule has 2 aromatic rings. The van der Waals surface area contributed by atoms with Gasteiger partial charge < -0.3 is 19.6 Å². The highest BCUT2D eigenvalue weighted by atomic mass is 35.5. The van der Waals surface area contributed by atoms with Crippen LogP contribution in [0.4, 0.5) is 0 Å². The van der Waals surface area contributed by atoms with Crippen LogP contribution in [0, 0.1) is 5.92 Å². The smallest absolute Gasteiger partial charge is 0.295 e. The number of carbonyl (C=O) groups is 2. The van der Waals surface area contributed by atoms with E-state index in [9.17, 15) is 14.7 Å². The molecule has 1 N–H and O–H groups in total. The van der Waals surface area contributed by atoms with Gasteiger partial charge in [0.15, 0.2) is 0 Å². The van der Waals surface area contributed by atoms with Crippen molar-refractivity contribution in [2.24, 2.45) is 5.92 Å². The van der Waals surface area contributed by atoms with E-state index in [0.717, 1.165) is 4.90 Å². The predicted molar refractivity (Wildman–Crippen MR) is 127 cm³/mol. The van der Waals surface area contributed by atoms with Crippen molar-refractivity contribution in [3.63, 3.8) is 0 Å². The molecule has 1 saturated heterocycles. The summed E-state index contributed by atoms with van der Waals surface area (Å²) in [6, 6.07) is 10.7. The largest absolute Gasteiger partial charge is 0.872 e. The first-order valence-corrected chi connectivity index (χ1v) is 11.6. The molecule has 0 aromatic heterocycles. The number of nitrogens with zero attached hydrogens (tertiary/aromatic N) is 1. The van der Waals surface area contributed by atoms with Crippen molar-refractivity contribution < 1.29 is 24.3 Å². The van der Waals surface area contributed by atoms with Crippen LogP contribution >= 0.6 is 23.2 Å². The van der Waals surface area contributed by atoms with E-state index in [1.807, 2.05) is 27.9 Å². The lowest BCUT2D eigenvalue weighted by molar-refractivity contribution is -0.857. The summed E-state index contributed by atoms with van der Waals surface area (Å²) in [6.07, 6.45) is 0. The van der Waals surface area contributed by atoms with Gasteiger partial charge in [0.2, 0.25) is 5.78 Å². The molecule has 8 heteroatoms. The zero-order chi connectivity index (χ0) is 24.3. The van der Waals surface area contributed by atoms with Crippen molar-refractivity contribution in [2.75, 3.05) is 33.8 Å². The molecular formula is C25H28Cl2N2O4. The fourth-order valence-corrected chi connectivity index (χ4v) is 3.90. The van der Waals surface area contributed by atoms with E-state index in [4.69, 9.17) is 27.9 Å². The molecule has 6 nitrogen and oxygen atoms in total. The fourth-order valence-electron chi connectivity index (χ4n) is 3.59. The summed E-state index contributed by atoms with van der Waals surface area (Å²) >= 11 is 12.3. The Morgan fingerprint density at radius 2 is 1.76 bits per heavy atom. The van der Waals surface area contributed by atoms with Gasteiger partial charge in [0, 0.05) is 5.57 Å². The summed E-state index contributed by atoms with van der Waals surface area (Å²) in [7, 11) is 3.91. The third-order valence-electron chi connectivity index (χ3n) is 5.34. The van der Waals surface area contributed by atoms with Crippen LogP contribution in [0.5, 0.6) is 5.75 Å². The number of rotatable bonds is 8. The molecule has 1 fully saturated rings. The number of amides is 1. The van der Waals surface area contributed by atoms with Gasteiger partial charge in [-0.05, 0) is 41.3 Å². The normalized spacial score (nSPS) is 17.9. The maximum Gasteiger partial charge on any atom is 0.295 e. The van der Waals surface area contributed by atoms with Gasteiger partial charge in [0.05, 0.1) is 49.9 Å². The second-order valence-corrected chi connectivity index (χ2v) is 9.65. The summed E-state index contributed by atoms with van der Waals surface area (Å²) in [5, 5.41) is 14.1. The SMILES string of the molecule is CC(C)COc1ccc(C([O-])=C2C(=O)C(=O)N(CC[NH+](C)C)C2c2ccc(Cl)c(Cl)c2)cc1. The molecule has 3 rings (SSSR count). The van der Waals surface area contributed by atoms with E-state index in [2.05, 4.69) is 0 Å². The van der Waals surface area contributed by atoms with Crippen LogP contribution in [0.2, 0.25) is 10.0 Å². The van der Waals surface area contributed by atoms with Crippen LogP contribution in [0.1, 0.15) is 31.0 Å². The number of ketones is 1. The lowest BCUT2D eigenvalue weighted by Crippen LogP contribution is -3.06. The van der Waals surface area contributed by atoms with Crippen molar-refractivity contribution >= 4 is 40.7 Å². The van der Waals surface area contributed by atoms with Crippen LogP contribution in [0.25, 0.3) is 5.76 Å². The number of hydrogen-bond acceptors (Lipinski definition) is 4. The van der Waals surface area contributed by atoms with E-state index >= 15 is 0 Å². The molecule has 1 amide bonds. The Morgan fingerprint density at radius 1 is 1.09 bits per heavy atom. The number of ether oxygens (including phenoxy) is 1. The summed E-state index contributed by atoms with van der Waals surface area (Å²) in [4.78, 5) is 28.5. The molecule has 0 radical (unpaired) electrons. The predicted octanol–water partition coefficient (Wildman–Crippen LogP) is 2.40. The van der Waals surface area contributed by atoms with Crippen LogP contribution < -0.4 is 14.7 Å². The number of likely N-dealkylation sites (tertiary alicyclic amines) is 1. The number of likely N-dealkylation sites (N-methyl/N-ethyl adjacent to an activating group) is 1. The van der Waals surface area contributed by atoms with Crippen LogP contribution in [0.3, 0.4) is 0 Å². The van der Waals surface area contributed by atoms with Crippen LogP contribution in [-0.4, -0.2) is 50.4 Å². The Balaban J connectivity index is 2.05. The van der Waals surface area contributed by atoms with Gasteiger partial charge in [0.25, 0.3) is 5.91 Å². The molecule has 1 aliphatic heterocycles. The van der Waals surface area contributed by atoms with Gasteiger partial charge in [-0.15, -0.1) is 0 Å². The van der Waals surface area contributed by atoms with Gasteiger partial charge in [-0.2, -0.15) is 0 Å². The van der Waals surface area contributed by atoms with Crippen LogP contribution in [-0.2, 0) is 9.59 Å². The zero-order valence-corrected chi connectivity index (χ0v) is 20.7. The molecule has 176 valence electrons. The highest BCUT2D eigenvalue weighted by molar-refractivity contribution is 6.46. The van der Waals surface area contributed by atoms with Gasteiger partial charge in [-0.3, -0.25) is 9.59 Å². The number of carbonyl (C=O) groups excluding carboxylic acids is 2. The fraction of sp³-hybridized carbons (Fsp3) is 0.360. The average molecular weight is 491 g/mol. The zero-order valence-electron chi connectivity index (χ0n) is 19.2. The van der Waals surface area contributed by atoms with E-state index in [-0.39, 0.29) is 10.6 Å². The summed E-state index contributed by atoms with van der Waals surface area (Å²) in [5.41, 5.74) is 0.800. The summed E-state index contributed by atoms with van der Waals surface area (Å²) < 4.78 is 5.68. The Kier molecular flexibility index (Phi) is 8.05. The molecule has 1 atom stereocenters. The Labute approximate surface area is 204 Å². The maximum atomic E-state index is 13.5. The first kappa shape index (κ1) is 25.1. The first-order valence-electron chi connectivity index (χ1n) is 10.8. The Hall–Kier alpha value is -2.54. The second-order valence-electron chi connectivity index (χ2n) is 8.83. The molecule has 0 saturated carbocycles. The molecule has 0 aliphatic carbocycles. The summed E-state index contributed by atoms with van der Waals surface area (Å²) in [5.74, 6) is -0.960. The minimum atomic E-state index is -0.830. The third kappa shape index (κ3) is 5.69. The van der Waals surface area contributed by atoms with E-state index < -0.39 is 23.5 Å². The van der Waals surface area contributed by atoms with Crippen molar-refractivity contribution in [1.82, 2.24) is 4.90 Å². The molecule has 0 bridgehead atoms. The third-order valence-corrected chi connectivity index (χ3v) is 6.08. The van der Waals surface area contributed by atoms with Crippen molar-refractivity contribution in [1.29, 1.82) is 0 Å². The Morgan fingerprint density at radius 3 is 2.33 bits per heavy atom. The van der Waals surface area contributed by atoms with Crippen molar-refractivity contribution in [2.45, 2.75) is 19.9 Å². The molecule has 2 aromatic carbocycles. The number of quaternary nitrogens is 1. The summed E-state index contributed by atoms with van der Waals surface area (Å²) in [6.45, 7) is 5.57. The molecule has 1 heterocycles. The molecule has 33 heavy (non-hydrogen) atoms. The lowest BCUT2D eigenvalue weighted by atomic mass is 9.95. The quantitative estimate of drug-likeness (QED) is 0.350. The van der Waals surface area contributed by atoms with E-state index in [1.165, 1.54) is 4.90 Å². The average Bonchev–Trinajstić information content (AvgIpc) is 3.02. The highest BCUT2D eigenvalue weighted by Gasteiger charge is 2.44. The molecule has 1 aliphatic rings. The first-order chi connectivity index (χ1) is 15.6. The lowest BCUT2D eigenvalue weighted by Gasteiger charge is -2.28. The van der Waals surface area contributed by atoms with Gasteiger partial charge in [0.1, 0.15) is 5.75 Å². The standard InChI is InChI=1S/C25H28Cl2N2O4/c1-15(2)14-33-18-8-5-16(6-9-18)23(30)21-22(17-7-10-19(26)20(27)13-17)29(12-11-28(3)4)25(32)24(21)31/h5-10,13,15,22,30H,11-12,14H2,1-4H3.